The van der Waals surface area contributed by atoms with Gasteiger partial charge in [0.05, 0.1) is 0 Å². The molecule has 0 radical (unpaired) electrons. The molecule has 0 saturated carbocycles. The van der Waals surface area contributed by atoms with Crippen LogP contribution in [0.4, 0.5) is 0 Å². The Hall–Kier alpha value is -2.69. The Labute approximate surface area is 115 Å². The minimum Gasteiger partial charge on any atom is -0.293 e. The molecule has 0 unspecified atom stereocenters. The number of hydrogen-bond acceptors (Lipinski definition) is 5. The second-order valence-electron chi connectivity index (χ2n) is 4.28. The summed E-state index contributed by atoms with van der Waals surface area (Å²) < 4.78 is 0. The number of nitrogens with zero attached hydrogens (tertiary/aromatic N) is 2. The molecular weight excluding hydrogens is 256 g/mol. The van der Waals surface area contributed by atoms with Crippen molar-refractivity contribution in [1.29, 1.82) is 0 Å². The van der Waals surface area contributed by atoms with Crippen LogP contribution in [0.2, 0.25) is 0 Å². The van der Waals surface area contributed by atoms with Gasteiger partial charge in [0.2, 0.25) is 5.78 Å². The Morgan fingerprint density at radius 1 is 0.850 bits per heavy atom. The van der Waals surface area contributed by atoms with Crippen molar-refractivity contribution in [2.75, 3.05) is 0 Å². The highest BCUT2D eigenvalue weighted by Gasteiger charge is 2.13. The van der Waals surface area contributed by atoms with Gasteiger partial charge in [0.15, 0.2) is 11.6 Å². The Bertz CT molecular complexity index is 691. The topological polar surface area (TPSA) is 77.0 Å². The van der Waals surface area contributed by atoms with Gasteiger partial charge in [-0.15, -0.1) is 0 Å². The molecule has 0 saturated heterocycles. The molecule has 0 fully saturated rings. The van der Waals surface area contributed by atoms with Gasteiger partial charge in [-0.2, -0.15) is 0 Å². The predicted octanol–water partition coefficient (Wildman–Crippen LogP) is 2.11. The first-order valence-electron chi connectivity index (χ1n) is 5.98. The van der Waals surface area contributed by atoms with E-state index in [4.69, 9.17) is 0 Å². The molecule has 20 heavy (non-hydrogen) atoms. The predicted molar refractivity (Wildman–Crippen MR) is 71.9 cm³/mol. The quantitative estimate of drug-likeness (QED) is 0.794. The molecule has 0 spiro atoms. The van der Waals surface area contributed by atoms with Gasteiger partial charge in [-0.05, 0) is 24.3 Å². The first kappa shape index (κ1) is 13.7. The molecule has 0 aliphatic rings. The van der Waals surface area contributed by atoms with E-state index in [0.29, 0.717) is 11.3 Å². The lowest BCUT2D eigenvalue weighted by Gasteiger charge is -2.02. The summed E-state index contributed by atoms with van der Waals surface area (Å²) in [7, 11) is 0. The molecule has 0 atom stereocenters. The Morgan fingerprint density at radius 2 is 1.50 bits per heavy atom. The van der Waals surface area contributed by atoms with Crippen molar-refractivity contribution in [3.8, 4) is 0 Å². The summed E-state index contributed by atoms with van der Waals surface area (Å²) >= 11 is 0. The van der Waals surface area contributed by atoms with Crippen molar-refractivity contribution in [2.45, 2.75) is 13.8 Å². The molecule has 0 amide bonds. The zero-order valence-corrected chi connectivity index (χ0v) is 11.1. The third-order valence-corrected chi connectivity index (χ3v) is 2.73. The minimum absolute atomic E-state index is 0.166. The third kappa shape index (κ3) is 2.83. The maximum Gasteiger partial charge on any atom is 0.212 e. The number of pyridine rings is 2. The van der Waals surface area contributed by atoms with E-state index in [-0.39, 0.29) is 28.7 Å². The summed E-state index contributed by atoms with van der Waals surface area (Å²) in [6.07, 6.45) is 1.33. The molecule has 2 aromatic rings. The fraction of sp³-hybridized carbons (Fsp3) is 0.133. The zero-order chi connectivity index (χ0) is 14.7. The zero-order valence-electron chi connectivity index (χ0n) is 11.1. The van der Waals surface area contributed by atoms with Gasteiger partial charge < -0.3 is 0 Å². The van der Waals surface area contributed by atoms with Crippen molar-refractivity contribution < 1.29 is 14.4 Å². The van der Waals surface area contributed by atoms with Crippen LogP contribution in [-0.4, -0.2) is 27.3 Å². The number of aromatic nitrogens is 2. The van der Waals surface area contributed by atoms with Gasteiger partial charge >= 0.3 is 0 Å². The lowest BCUT2D eigenvalue weighted by Crippen LogP contribution is -2.08. The highest BCUT2D eigenvalue weighted by atomic mass is 16.1. The molecule has 2 rings (SSSR count). The number of carbonyl (C=O) groups excluding carboxylic acids is 3. The van der Waals surface area contributed by atoms with Gasteiger partial charge in [-0.25, -0.2) is 4.98 Å². The molecule has 0 N–H and O–H groups in total. The number of Topliss-reactive ketones (excluding diaryl/α,β-unsaturated/α-hetero) is 2. The first-order chi connectivity index (χ1) is 9.49. The second kappa shape index (κ2) is 5.52. The van der Waals surface area contributed by atoms with Crippen LogP contribution in [0, 0.1) is 0 Å². The molecule has 0 aliphatic heterocycles. The Balaban J connectivity index is 2.33. The van der Waals surface area contributed by atoms with E-state index >= 15 is 0 Å². The van der Waals surface area contributed by atoms with Crippen LogP contribution in [0.15, 0.2) is 36.5 Å². The van der Waals surface area contributed by atoms with E-state index in [9.17, 15) is 14.4 Å². The molecule has 5 nitrogen and oxygen atoms in total. The lowest BCUT2D eigenvalue weighted by molar-refractivity contribution is 0.0996. The summed E-state index contributed by atoms with van der Waals surface area (Å²) in [4.78, 5) is 42.5. The monoisotopic (exact) mass is 268 g/mol. The minimum atomic E-state index is -0.337. The molecule has 0 aliphatic carbocycles. The van der Waals surface area contributed by atoms with Crippen LogP contribution in [0.5, 0.6) is 0 Å². The summed E-state index contributed by atoms with van der Waals surface area (Å²) in [6, 6.07) is 7.71. The Kier molecular flexibility index (Phi) is 3.79. The van der Waals surface area contributed by atoms with Crippen molar-refractivity contribution in [3.63, 3.8) is 0 Å². The summed E-state index contributed by atoms with van der Waals surface area (Å²) in [5.74, 6) is -0.707. The fourth-order valence-corrected chi connectivity index (χ4v) is 1.64. The van der Waals surface area contributed by atoms with E-state index in [1.807, 2.05) is 0 Å². The van der Waals surface area contributed by atoms with Crippen LogP contribution in [0.25, 0.3) is 0 Å². The number of ketones is 3. The molecule has 5 heteroatoms. The second-order valence-corrected chi connectivity index (χ2v) is 4.28. The van der Waals surface area contributed by atoms with Crippen LogP contribution >= 0.6 is 0 Å². The van der Waals surface area contributed by atoms with E-state index < -0.39 is 0 Å². The summed E-state index contributed by atoms with van der Waals surface area (Å²) in [5, 5.41) is 0. The van der Waals surface area contributed by atoms with Crippen LogP contribution in [0.1, 0.15) is 50.9 Å². The number of hydrogen-bond donors (Lipinski definition) is 0. The van der Waals surface area contributed by atoms with Gasteiger partial charge in [0.1, 0.15) is 17.1 Å². The average molecular weight is 268 g/mol. The van der Waals surface area contributed by atoms with Crippen molar-refractivity contribution in [3.05, 3.63) is 59.2 Å². The number of rotatable bonds is 4. The Morgan fingerprint density at radius 3 is 2.05 bits per heavy atom. The van der Waals surface area contributed by atoms with Gasteiger partial charge in [0, 0.05) is 25.6 Å². The molecule has 2 heterocycles. The van der Waals surface area contributed by atoms with Crippen molar-refractivity contribution in [2.24, 2.45) is 0 Å². The van der Waals surface area contributed by atoms with Crippen LogP contribution in [0.3, 0.4) is 0 Å². The van der Waals surface area contributed by atoms with Crippen molar-refractivity contribution in [1.82, 2.24) is 9.97 Å². The van der Waals surface area contributed by atoms with Crippen molar-refractivity contribution >= 4 is 17.3 Å². The maximum atomic E-state index is 12.2. The molecule has 0 bridgehead atoms. The first-order valence-corrected chi connectivity index (χ1v) is 5.98. The lowest BCUT2D eigenvalue weighted by atomic mass is 10.1. The van der Waals surface area contributed by atoms with Crippen LogP contribution in [-0.2, 0) is 0 Å². The molecule has 0 aromatic carbocycles. The smallest absolute Gasteiger partial charge is 0.212 e. The standard InChI is InChI=1S/C15H12N2O3/c1-9(18)12-7-6-11(8-16-12)15(20)14-5-3-4-13(17-14)10(2)19/h3-8H,1-2H3. The maximum absolute atomic E-state index is 12.2. The third-order valence-electron chi connectivity index (χ3n) is 2.73. The van der Waals surface area contributed by atoms with Gasteiger partial charge in [-0.3, -0.25) is 19.4 Å². The molecule has 100 valence electrons. The molecule has 2 aromatic heterocycles. The molecular formula is C15H12N2O3. The summed E-state index contributed by atoms with van der Waals surface area (Å²) in [5.41, 5.74) is 1.04. The van der Waals surface area contributed by atoms with Gasteiger partial charge in [-0.1, -0.05) is 6.07 Å². The van der Waals surface area contributed by atoms with E-state index in [0.717, 1.165) is 0 Å². The van der Waals surface area contributed by atoms with E-state index in [1.54, 1.807) is 12.1 Å². The van der Waals surface area contributed by atoms with E-state index in [1.165, 1.54) is 38.2 Å². The number of carbonyl (C=O) groups is 3. The average Bonchev–Trinajstić information content (AvgIpc) is 2.46. The van der Waals surface area contributed by atoms with Gasteiger partial charge in [0.25, 0.3) is 0 Å². The van der Waals surface area contributed by atoms with E-state index in [2.05, 4.69) is 9.97 Å². The summed E-state index contributed by atoms with van der Waals surface area (Å²) in [6.45, 7) is 2.79. The van der Waals surface area contributed by atoms with Crippen LogP contribution < -0.4 is 0 Å². The highest BCUT2D eigenvalue weighted by molar-refractivity contribution is 6.08. The normalized spacial score (nSPS) is 10.1. The fourth-order valence-electron chi connectivity index (χ4n) is 1.64. The highest BCUT2D eigenvalue weighted by Crippen LogP contribution is 2.09. The SMILES string of the molecule is CC(=O)c1ccc(C(=O)c2cccc(C(C)=O)n2)cn1. The largest absolute Gasteiger partial charge is 0.293 e.